The molecule has 0 spiro atoms. The van der Waals surface area contributed by atoms with E-state index in [0.29, 0.717) is 11.1 Å². The van der Waals surface area contributed by atoms with Crippen LogP contribution in [0.3, 0.4) is 0 Å². The topological polar surface area (TPSA) is 75.6 Å². The van der Waals surface area contributed by atoms with Gasteiger partial charge in [-0.3, -0.25) is 4.79 Å². The van der Waals surface area contributed by atoms with Gasteiger partial charge in [0.25, 0.3) is 0 Å². The van der Waals surface area contributed by atoms with Gasteiger partial charge in [0.15, 0.2) is 5.60 Å². The van der Waals surface area contributed by atoms with Crippen LogP contribution in [0, 0.1) is 0 Å². The Morgan fingerprint density at radius 2 is 1.56 bits per heavy atom. The first kappa shape index (κ1) is 19.1. The average Bonchev–Trinajstić information content (AvgIpc) is 2.73. The molecule has 0 heterocycles. The molecular weight excluding hydrogens is 342 g/mol. The first-order valence-corrected chi connectivity index (χ1v) is 9.40. The first-order chi connectivity index (χ1) is 13.1. The third-order valence-electron chi connectivity index (χ3n) is 5.00. The number of hydrogen-bond acceptors (Lipinski definition) is 4. The lowest BCUT2D eigenvalue weighted by atomic mass is 9.86. The highest BCUT2D eigenvalue weighted by Gasteiger charge is 2.40. The van der Waals surface area contributed by atoms with Crippen LogP contribution in [-0.4, -0.2) is 29.6 Å². The van der Waals surface area contributed by atoms with Gasteiger partial charge >= 0.3 is 6.09 Å². The van der Waals surface area contributed by atoms with Gasteiger partial charge in [0.1, 0.15) is 6.61 Å². The van der Waals surface area contributed by atoms with Crippen molar-refractivity contribution < 1.29 is 19.4 Å². The minimum atomic E-state index is -1.94. The molecule has 1 amide bonds. The van der Waals surface area contributed by atoms with Gasteiger partial charge in [0.05, 0.1) is 0 Å². The second-order valence-electron chi connectivity index (χ2n) is 6.98. The van der Waals surface area contributed by atoms with Gasteiger partial charge in [-0.05, 0) is 18.4 Å². The molecule has 2 N–H and O–H groups in total. The minimum Gasteiger partial charge on any atom is -0.446 e. The number of alkyl carbamates (subject to hydrolysis) is 1. The standard InChI is InChI=1S/C22H25NO4/c24-20(17-10-4-1-5-11-17)22(26,18-12-6-2-7-13-18)16-27-21(25)23-19-14-8-3-9-15-19/h1-2,4-7,10-13,19,26H,3,8-9,14-16H2,(H,23,25). The number of carbonyl (C=O) groups is 2. The zero-order valence-electron chi connectivity index (χ0n) is 15.3. The smallest absolute Gasteiger partial charge is 0.407 e. The molecule has 1 unspecified atom stereocenters. The van der Waals surface area contributed by atoms with E-state index in [9.17, 15) is 14.7 Å². The summed E-state index contributed by atoms with van der Waals surface area (Å²) in [4.78, 5) is 25.2. The van der Waals surface area contributed by atoms with Crippen LogP contribution in [0.25, 0.3) is 0 Å². The van der Waals surface area contributed by atoms with Gasteiger partial charge in [-0.2, -0.15) is 0 Å². The Hall–Kier alpha value is -2.66. The average molecular weight is 367 g/mol. The third kappa shape index (κ3) is 4.74. The number of Topliss-reactive ketones (excluding diaryl/α,β-unsaturated/α-hetero) is 1. The number of amides is 1. The second-order valence-corrected chi connectivity index (χ2v) is 6.98. The van der Waals surface area contributed by atoms with Crippen molar-refractivity contribution in [2.24, 2.45) is 0 Å². The van der Waals surface area contributed by atoms with Crippen LogP contribution in [-0.2, 0) is 10.3 Å². The van der Waals surface area contributed by atoms with Gasteiger partial charge in [0.2, 0.25) is 5.78 Å². The van der Waals surface area contributed by atoms with Gasteiger partial charge in [0, 0.05) is 11.6 Å². The quantitative estimate of drug-likeness (QED) is 0.761. The summed E-state index contributed by atoms with van der Waals surface area (Å²) in [7, 11) is 0. The molecule has 27 heavy (non-hydrogen) atoms. The highest BCUT2D eigenvalue weighted by molar-refractivity contribution is 6.03. The van der Waals surface area contributed by atoms with Crippen molar-refractivity contribution in [3.05, 3.63) is 71.8 Å². The van der Waals surface area contributed by atoms with E-state index in [1.165, 1.54) is 6.42 Å². The Balaban J connectivity index is 1.74. The molecule has 1 saturated carbocycles. The molecule has 1 aliphatic carbocycles. The largest absolute Gasteiger partial charge is 0.446 e. The molecule has 5 nitrogen and oxygen atoms in total. The lowest BCUT2D eigenvalue weighted by molar-refractivity contribution is -0.0110. The Kier molecular flexibility index (Phi) is 6.24. The fraction of sp³-hybridized carbons (Fsp3) is 0.364. The summed E-state index contributed by atoms with van der Waals surface area (Å²) in [6.07, 6.45) is 4.63. The van der Waals surface area contributed by atoms with E-state index in [0.717, 1.165) is 25.7 Å². The van der Waals surface area contributed by atoms with Crippen LogP contribution in [0.15, 0.2) is 60.7 Å². The molecule has 2 aromatic rings. The van der Waals surface area contributed by atoms with E-state index < -0.39 is 24.1 Å². The molecule has 1 atom stereocenters. The number of aliphatic hydroxyl groups is 1. The highest BCUT2D eigenvalue weighted by Crippen LogP contribution is 2.27. The lowest BCUT2D eigenvalue weighted by Gasteiger charge is -2.28. The molecule has 142 valence electrons. The molecule has 2 aromatic carbocycles. The van der Waals surface area contributed by atoms with Gasteiger partial charge < -0.3 is 15.2 Å². The fourth-order valence-corrected chi connectivity index (χ4v) is 3.45. The SMILES string of the molecule is O=C(NC1CCCCC1)OCC(O)(C(=O)c1ccccc1)c1ccccc1. The monoisotopic (exact) mass is 367 g/mol. The number of ether oxygens (including phenoxy) is 1. The summed E-state index contributed by atoms with van der Waals surface area (Å²) < 4.78 is 5.29. The summed E-state index contributed by atoms with van der Waals surface area (Å²) in [6, 6.07) is 17.2. The van der Waals surface area contributed by atoms with Crippen LogP contribution in [0.2, 0.25) is 0 Å². The number of carbonyl (C=O) groups excluding carboxylic acids is 2. The van der Waals surface area contributed by atoms with Crippen LogP contribution in [0.4, 0.5) is 4.79 Å². The number of hydrogen-bond donors (Lipinski definition) is 2. The zero-order chi connectivity index (χ0) is 19.1. The Morgan fingerprint density at radius 3 is 2.19 bits per heavy atom. The summed E-state index contributed by atoms with van der Waals surface area (Å²) in [5.74, 6) is -0.500. The van der Waals surface area contributed by atoms with E-state index in [1.54, 1.807) is 60.7 Å². The molecule has 1 fully saturated rings. The fourth-order valence-electron chi connectivity index (χ4n) is 3.45. The van der Waals surface area contributed by atoms with Crippen molar-refractivity contribution in [2.45, 2.75) is 43.7 Å². The molecule has 3 rings (SSSR count). The highest BCUT2D eigenvalue weighted by atomic mass is 16.6. The van der Waals surface area contributed by atoms with Crippen molar-refractivity contribution in [3.63, 3.8) is 0 Å². The first-order valence-electron chi connectivity index (χ1n) is 9.40. The molecule has 0 bridgehead atoms. The summed E-state index contributed by atoms with van der Waals surface area (Å²) in [5, 5.41) is 14.0. The van der Waals surface area contributed by atoms with Gasteiger partial charge in [-0.15, -0.1) is 0 Å². The minimum absolute atomic E-state index is 0.0980. The molecule has 0 aromatic heterocycles. The summed E-state index contributed by atoms with van der Waals surface area (Å²) >= 11 is 0. The Labute approximate surface area is 159 Å². The van der Waals surface area contributed by atoms with Crippen molar-refractivity contribution in [3.8, 4) is 0 Å². The normalized spacial score (nSPS) is 16.9. The van der Waals surface area contributed by atoms with Gasteiger partial charge in [-0.1, -0.05) is 79.9 Å². The molecule has 0 radical (unpaired) electrons. The number of ketones is 1. The lowest BCUT2D eigenvalue weighted by Crippen LogP contribution is -2.44. The van der Waals surface area contributed by atoms with E-state index in [-0.39, 0.29) is 6.04 Å². The molecule has 5 heteroatoms. The number of benzene rings is 2. The van der Waals surface area contributed by atoms with Crippen molar-refractivity contribution >= 4 is 11.9 Å². The van der Waals surface area contributed by atoms with Crippen LogP contribution < -0.4 is 5.32 Å². The van der Waals surface area contributed by atoms with Crippen LogP contribution >= 0.6 is 0 Å². The summed E-state index contributed by atoms with van der Waals surface area (Å²) in [5.41, 5.74) is -1.18. The maximum absolute atomic E-state index is 13.0. The zero-order valence-corrected chi connectivity index (χ0v) is 15.3. The van der Waals surface area contributed by atoms with Crippen LogP contribution in [0.5, 0.6) is 0 Å². The van der Waals surface area contributed by atoms with Crippen molar-refractivity contribution in [2.75, 3.05) is 6.61 Å². The predicted molar refractivity (Wildman–Crippen MR) is 102 cm³/mol. The maximum atomic E-state index is 13.0. The second kappa shape index (κ2) is 8.82. The predicted octanol–water partition coefficient (Wildman–Crippen LogP) is 3.82. The molecular formula is C22H25NO4. The Bertz CT molecular complexity index is 756. The molecule has 0 saturated heterocycles. The summed E-state index contributed by atoms with van der Waals surface area (Å²) in [6.45, 7) is -0.441. The Morgan fingerprint density at radius 1 is 0.963 bits per heavy atom. The van der Waals surface area contributed by atoms with Crippen LogP contribution in [0.1, 0.15) is 48.0 Å². The number of nitrogens with one attached hydrogen (secondary N) is 1. The van der Waals surface area contributed by atoms with Gasteiger partial charge in [-0.25, -0.2) is 4.79 Å². The van der Waals surface area contributed by atoms with Crippen molar-refractivity contribution in [1.29, 1.82) is 0 Å². The van der Waals surface area contributed by atoms with E-state index in [4.69, 9.17) is 4.74 Å². The number of rotatable bonds is 6. The molecule has 1 aliphatic rings. The third-order valence-corrected chi connectivity index (χ3v) is 5.00. The van der Waals surface area contributed by atoms with Crippen molar-refractivity contribution in [1.82, 2.24) is 5.32 Å². The maximum Gasteiger partial charge on any atom is 0.407 e. The van der Waals surface area contributed by atoms with E-state index >= 15 is 0 Å². The molecule has 0 aliphatic heterocycles. The van der Waals surface area contributed by atoms with E-state index in [1.807, 2.05) is 0 Å². The van der Waals surface area contributed by atoms with E-state index in [2.05, 4.69) is 5.32 Å².